The Balaban J connectivity index is 1.48. The summed E-state index contributed by atoms with van der Waals surface area (Å²) in [6, 6.07) is 57.5. The van der Waals surface area contributed by atoms with Gasteiger partial charge in [0.2, 0.25) is 0 Å². The molecule has 5 heterocycles. The molecule has 0 aliphatic heterocycles. The maximum atomic E-state index is 5.55. The van der Waals surface area contributed by atoms with Crippen molar-refractivity contribution in [2.45, 2.75) is 0 Å². The second kappa shape index (κ2) is 9.03. The Morgan fingerprint density at radius 3 is 1.61 bits per heavy atom. The topological polar surface area (TPSA) is 26.6 Å². The number of nitrogens with zero attached hydrogens (tertiary/aromatic N) is 4. The summed E-state index contributed by atoms with van der Waals surface area (Å²) in [5.41, 5.74) is 12.5. The molecule has 0 aliphatic rings. The van der Waals surface area contributed by atoms with Crippen molar-refractivity contribution >= 4 is 98.3 Å². The zero-order valence-electron chi connectivity index (χ0n) is 26.3. The Bertz CT molecular complexity index is 3380. The van der Waals surface area contributed by atoms with Gasteiger partial charge in [-0.3, -0.25) is 0 Å². The molecular weight excluding hydrogens is 597 g/mol. The zero-order valence-corrected chi connectivity index (χ0v) is 26.3. The third-order valence-electron chi connectivity index (χ3n) is 10.7. The van der Waals surface area contributed by atoms with E-state index in [9.17, 15) is 0 Å². The fraction of sp³-hybridized carbons (Fsp3) is 0. The standard InChI is InChI=1S/C45H26N4/c1-2-13-28(14-3-1)47-37-19-9-7-17-31(37)34-25-41-35(26-40(34)47)43-42(24-27-12-4-8-18-36(27)46-43)49-39-21-11-6-16-30(39)33-23-22-32-29-15-5-10-20-38(29)48(41)44(32)45(33)49/h1-26H. The van der Waals surface area contributed by atoms with Crippen LogP contribution >= 0.6 is 0 Å². The van der Waals surface area contributed by atoms with Gasteiger partial charge >= 0.3 is 0 Å². The third-order valence-corrected chi connectivity index (χ3v) is 10.7. The lowest BCUT2D eigenvalue weighted by Gasteiger charge is -2.13. The molecule has 226 valence electrons. The van der Waals surface area contributed by atoms with E-state index in [4.69, 9.17) is 4.98 Å². The predicted molar refractivity (Wildman–Crippen MR) is 206 cm³/mol. The molecular formula is C45H26N4. The van der Waals surface area contributed by atoms with E-state index in [1.165, 1.54) is 59.9 Å². The quantitative estimate of drug-likeness (QED) is 0.179. The number of rotatable bonds is 1. The van der Waals surface area contributed by atoms with Gasteiger partial charge in [-0.05, 0) is 54.6 Å². The highest BCUT2D eigenvalue weighted by atomic mass is 15.0. The summed E-state index contributed by atoms with van der Waals surface area (Å²) in [7, 11) is 0. The summed E-state index contributed by atoms with van der Waals surface area (Å²) in [5.74, 6) is 0. The fourth-order valence-corrected chi connectivity index (χ4v) is 8.71. The first-order chi connectivity index (χ1) is 24.3. The first kappa shape index (κ1) is 25.4. The largest absolute Gasteiger partial charge is 0.309 e. The molecule has 0 bridgehead atoms. The Morgan fingerprint density at radius 1 is 0.347 bits per heavy atom. The number of hydrogen-bond donors (Lipinski definition) is 0. The van der Waals surface area contributed by atoms with E-state index in [-0.39, 0.29) is 0 Å². The van der Waals surface area contributed by atoms with Crippen LogP contribution in [0.5, 0.6) is 0 Å². The zero-order chi connectivity index (χ0) is 31.8. The minimum atomic E-state index is 0.976. The van der Waals surface area contributed by atoms with Crippen molar-refractivity contribution in [1.82, 2.24) is 18.4 Å². The molecule has 12 aromatic rings. The number of benzene rings is 7. The molecule has 0 aliphatic carbocycles. The Kier molecular flexibility index (Phi) is 4.69. The van der Waals surface area contributed by atoms with Crippen molar-refractivity contribution < 1.29 is 0 Å². The number of fused-ring (bicyclic) bond motifs is 15. The average molecular weight is 623 g/mol. The molecule has 0 atom stereocenters. The number of hydrogen-bond acceptors (Lipinski definition) is 1. The van der Waals surface area contributed by atoms with Crippen LogP contribution in [0.2, 0.25) is 0 Å². The van der Waals surface area contributed by atoms with Crippen LogP contribution in [0.4, 0.5) is 0 Å². The maximum absolute atomic E-state index is 5.55. The molecule has 4 heteroatoms. The van der Waals surface area contributed by atoms with Crippen molar-refractivity contribution in [2.75, 3.05) is 0 Å². The predicted octanol–water partition coefficient (Wildman–Crippen LogP) is 11.6. The number of aromatic nitrogens is 4. The van der Waals surface area contributed by atoms with E-state index in [1.807, 2.05) is 0 Å². The van der Waals surface area contributed by atoms with Crippen LogP contribution in [0.15, 0.2) is 158 Å². The highest BCUT2D eigenvalue weighted by Crippen LogP contribution is 2.43. The monoisotopic (exact) mass is 622 g/mol. The highest BCUT2D eigenvalue weighted by molar-refractivity contribution is 6.26. The molecule has 7 aromatic carbocycles. The van der Waals surface area contributed by atoms with E-state index < -0.39 is 0 Å². The average Bonchev–Trinajstić information content (AvgIpc) is 3.79. The minimum Gasteiger partial charge on any atom is -0.309 e. The first-order valence-corrected chi connectivity index (χ1v) is 16.8. The van der Waals surface area contributed by atoms with Gasteiger partial charge in [0.1, 0.15) is 0 Å². The molecule has 4 nitrogen and oxygen atoms in total. The summed E-state index contributed by atoms with van der Waals surface area (Å²) >= 11 is 0. The van der Waals surface area contributed by atoms with Crippen molar-refractivity contribution in [1.29, 1.82) is 0 Å². The molecule has 0 saturated heterocycles. The van der Waals surface area contributed by atoms with Crippen LogP contribution in [-0.4, -0.2) is 18.4 Å². The van der Waals surface area contributed by atoms with Crippen LogP contribution in [0.25, 0.3) is 104 Å². The Morgan fingerprint density at radius 2 is 0.898 bits per heavy atom. The van der Waals surface area contributed by atoms with Crippen molar-refractivity contribution in [3.8, 4) is 5.69 Å². The smallest absolute Gasteiger partial charge is 0.0972 e. The van der Waals surface area contributed by atoms with E-state index >= 15 is 0 Å². The lowest BCUT2D eigenvalue weighted by molar-refractivity contribution is 1.18. The molecule has 0 amide bonds. The van der Waals surface area contributed by atoms with Gasteiger partial charge in [0, 0.05) is 48.8 Å². The normalized spacial score (nSPS) is 12.5. The summed E-state index contributed by atoms with van der Waals surface area (Å²) < 4.78 is 7.41. The molecule has 0 unspecified atom stereocenters. The van der Waals surface area contributed by atoms with E-state index in [0.717, 1.165) is 44.0 Å². The van der Waals surface area contributed by atoms with Crippen LogP contribution in [0.1, 0.15) is 0 Å². The van der Waals surface area contributed by atoms with Gasteiger partial charge in [-0.25, -0.2) is 4.98 Å². The van der Waals surface area contributed by atoms with Crippen molar-refractivity contribution in [3.05, 3.63) is 158 Å². The molecule has 0 N–H and O–H groups in total. The second-order valence-corrected chi connectivity index (χ2v) is 13.2. The van der Waals surface area contributed by atoms with Gasteiger partial charge in [-0.15, -0.1) is 0 Å². The second-order valence-electron chi connectivity index (χ2n) is 13.2. The molecule has 0 spiro atoms. The molecule has 5 aromatic heterocycles. The summed E-state index contributed by atoms with van der Waals surface area (Å²) in [6.07, 6.45) is 0. The third kappa shape index (κ3) is 3.16. The summed E-state index contributed by atoms with van der Waals surface area (Å²) in [6.45, 7) is 0. The van der Waals surface area contributed by atoms with Crippen LogP contribution in [-0.2, 0) is 0 Å². The van der Waals surface area contributed by atoms with E-state index in [0.29, 0.717) is 0 Å². The highest BCUT2D eigenvalue weighted by Gasteiger charge is 2.22. The van der Waals surface area contributed by atoms with Crippen LogP contribution in [0.3, 0.4) is 0 Å². The molecule has 0 radical (unpaired) electrons. The van der Waals surface area contributed by atoms with Crippen molar-refractivity contribution in [3.63, 3.8) is 0 Å². The van der Waals surface area contributed by atoms with Gasteiger partial charge in [0.05, 0.1) is 55.2 Å². The molecule has 0 saturated carbocycles. The Hall–Kier alpha value is -6.65. The summed E-state index contributed by atoms with van der Waals surface area (Å²) in [4.78, 5) is 5.55. The van der Waals surface area contributed by atoms with Crippen LogP contribution in [0, 0.1) is 0 Å². The molecule has 49 heavy (non-hydrogen) atoms. The van der Waals surface area contributed by atoms with Gasteiger partial charge in [-0.1, -0.05) is 103 Å². The maximum Gasteiger partial charge on any atom is 0.0972 e. The van der Waals surface area contributed by atoms with Gasteiger partial charge < -0.3 is 13.4 Å². The molecule has 0 fully saturated rings. The van der Waals surface area contributed by atoms with Gasteiger partial charge in [-0.2, -0.15) is 0 Å². The van der Waals surface area contributed by atoms with E-state index in [2.05, 4.69) is 171 Å². The van der Waals surface area contributed by atoms with E-state index in [1.54, 1.807) is 0 Å². The number of para-hydroxylation sites is 5. The Labute approximate surface area is 279 Å². The lowest BCUT2D eigenvalue weighted by atomic mass is 10.1. The van der Waals surface area contributed by atoms with Gasteiger partial charge in [0.15, 0.2) is 0 Å². The molecule has 12 rings (SSSR count). The lowest BCUT2D eigenvalue weighted by Crippen LogP contribution is -1.97. The SMILES string of the molecule is c1ccc(-n2c3ccccc3c3cc4c(cc32)c2nc3ccccc3cc2n2c3ccccc3c3ccc5c6ccccc6n4c5c32)cc1. The van der Waals surface area contributed by atoms with Gasteiger partial charge in [0.25, 0.3) is 0 Å². The van der Waals surface area contributed by atoms with Crippen LogP contribution < -0.4 is 0 Å². The summed E-state index contributed by atoms with van der Waals surface area (Å²) in [5, 5.41) is 9.68. The number of pyridine rings is 1. The fourth-order valence-electron chi connectivity index (χ4n) is 8.71. The first-order valence-electron chi connectivity index (χ1n) is 16.8. The minimum absolute atomic E-state index is 0.976. The van der Waals surface area contributed by atoms with Crippen molar-refractivity contribution in [2.24, 2.45) is 0 Å².